The summed E-state index contributed by atoms with van der Waals surface area (Å²) in [5.41, 5.74) is 5.36. The second-order valence-electron chi connectivity index (χ2n) is 6.54. The van der Waals surface area contributed by atoms with E-state index in [9.17, 15) is 0 Å². The fourth-order valence-corrected chi connectivity index (χ4v) is 3.01. The third-order valence-corrected chi connectivity index (χ3v) is 4.71. The van der Waals surface area contributed by atoms with Gasteiger partial charge in [0, 0.05) is 11.2 Å². The Morgan fingerprint density at radius 2 is 1.75 bits per heavy atom. The molecule has 0 heterocycles. The van der Waals surface area contributed by atoms with Crippen LogP contribution in [-0.4, -0.2) is 12.8 Å². The predicted molar refractivity (Wildman–Crippen MR) is 117 cm³/mol. The Kier molecular flexibility index (Phi) is 6.72. The molecule has 0 aliphatic rings. The summed E-state index contributed by atoms with van der Waals surface area (Å²) in [6, 6.07) is 19.6. The maximum absolute atomic E-state index is 6.04. The molecule has 0 fully saturated rings. The molecule has 0 atom stereocenters. The van der Waals surface area contributed by atoms with Crippen molar-refractivity contribution in [3.63, 3.8) is 0 Å². The third kappa shape index (κ3) is 5.14. The summed E-state index contributed by atoms with van der Waals surface area (Å²) >= 11 is 6.04. The number of hydrogen-bond donors (Lipinski definition) is 0. The van der Waals surface area contributed by atoms with E-state index < -0.39 is 0 Å². The van der Waals surface area contributed by atoms with Gasteiger partial charge in [-0.1, -0.05) is 35.9 Å². The smallest absolute Gasteiger partial charge is 0.161 e. The van der Waals surface area contributed by atoms with Crippen LogP contribution in [0.4, 0.5) is 5.69 Å². The van der Waals surface area contributed by atoms with Crippen LogP contribution < -0.4 is 9.47 Å². The first-order valence-electron chi connectivity index (χ1n) is 9.31. The van der Waals surface area contributed by atoms with Crippen molar-refractivity contribution in [3.05, 3.63) is 87.9 Å². The van der Waals surface area contributed by atoms with Gasteiger partial charge in [0.05, 0.1) is 12.3 Å². The lowest BCUT2D eigenvalue weighted by Gasteiger charge is -2.13. The Balaban J connectivity index is 1.78. The van der Waals surface area contributed by atoms with E-state index in [1.165, 1.54) is 11.1 Å². The molecule has 0 saturated heterocycles. The molecule has 0 aliphatic heterocycles. The third-order valence-electron chi connectivity index (χ3n) is 4.48. The molecule has 4 heteroatoms. The van der Waals surface area contributed by atoms with Crippen LogP contribution in [0, 0.1) is 13.8 Å². The van der Waals surface area contributed by atoms with Gasteiger partial charge < -0.3 is 9.47 Å². The van der Waals surface area contributed by atoms with Crippen LogP contribution in [0.2, 0.25) is 5.02 Å². The number of aliphatic imine (C=N–C) groups is 1. The molecule has 0 aliphatic carbocycles. The molecular formula is C24H24ClNO2. The predicted octanol–water partition coefficient (Wildman–Crippen LogP) is 6.69. The van der Waals surface area contributed by atoms with Crippen molar-refractivity contribution in [3.8, 4) is 11.5 Å². The summed E-state index contributed by atoms with van der Waals surface area (Å²) in [4.78, 5) is 4.63. The van der Waals surface area contributed by atoms with Crippen molar-refractivity contribution in [2.75, 3.05) is 6.61 Å². The minimum Gasteiger partial charge on any atom is -0.490 e. The highest BCUT2D eigenvalue weighted by atomic mass is 35.5. The zero-order chi connectivity index (χ0) is 19.9. The minimum atomic E-state index is 0.427. The molecule has 28 heavy (non-hydrogen) atoms. The second kappa shape index (κ2) is 9.43. The van der Waals surface area contributed by atoms with Gasteiger partial charge in [-0.25, -0.2) is 0 Å². The van der Waals surface area contributed by atoms with Crippen LogP contribution in [-0.2, 0) is 6.61 Å². The Morgan fingerprint density at radius 1 is 0.929 bits per heavy atom. The number of hydrogen-bond acceptors (Lipinski definition) is 3. The first kappa shape index (κ1) is 20.0. The topological polar surface area (TPSA) is 30.8 Å². The van der Waals surface area contributed by atoms with E-state index in [-0.39, 0.29) is 0 Å². The van der Waals surface area contributed by atoms with Crippen molar-refractivity contribution in [2.45, 2.75) is 27.4 Å². The molecule has 3 nitrogen and oxygen atoms in total. The molecule has 3 aromatic carbocycles. The Labute approximate surface area is 171 Å². The maximum Gasteiger partial charge on any atom is 0.161 e. The number of aryl methyl sites for hydroxylation is 1. The molecule has 0 unspecified atom stereocenters. The molecule has 0 N–H and O–H groups in total. The first-order valence-corrected chi connectivity index (χ1v) is 9.69. The van der Waals surface area contributed by atoms with Gasteiger partial charge in [0.25, 0.3) is 0 Å². The monoisotopic (exact) mass is 393 g/mol. The molecule has 0 amide bonds. The van der Waals surface area contributed by atoms with Gasteiger partial charge in [-0.3, -0.25) is 4.99 Å². The summed E-state index contributed by atoms with van der Waals surface area (Å²) in [6.07, 6.45) is 1.85. The molecule has 0 saturated carbocycles. The Hall–Kier alpha value is -2.78. The lowest BCUT2D eigenvalue weighted by atomic mass is 10.1. The van der Waals surface area contributed by atoms with Gasteiger partial charge in [0.1, 0.15) is 6.61 Å². The number of halogens is 1. The van der Waals surface area contributed by atoms with Gasteiger partial charge in [-0.05, 0) is 79.4 Å². The number of benzene rings is 3. The van der Waals surface area contributed by atoms with Gasteiger partial charge in [0.2, 0.25) is 0 Å². The van der Waals surface area contributed by atoms with Crippen LogP contribution in [0.15, 0.2) is 65.7 Å². The van der Waals surface area contributed by atoms with Gasteiger partial charge in [-0.15, -0.1) is 0 Å². The van der Waals surface area contributed by atoms with E-state index in [0.29, 0.717) is 29.7 Å². The second-order valence-corrected chi connectivity index (χ2v) is 6.97. The normalized spacial score (nSPS) is 11.0. The van der Waals surface area contributed by atoms with E-state index in [1.807, 2.05) is 67.7 Å². The summed E-state index contributed by atoms with van der Waals surface area (Å²) in [5.74, 6) is 1.40. The molecular weight excluding hydrogens is 370 g/mol. The molecule has 3 aromatic rings. The summed E-state index contributed by atoms with van der Waals surface area (Å²) in [6.45, 7) is 7.12. The average Bonchev–Trinajstić information content (AvgIpc) is 2.69. The van der Waals surface area contributed by atoms with E-state index in [4.69, 9.17) is 21.1 Å². The summed E-state index contributed by atoms with van der Waals surface area (Å²) in [7, 11) is 0. The van der Waals surface area contributed by atoms with E-state index >= 15 is 0 Å². The van der Waals surface area contributed by atoms with Crippen molar-refractivity contribution >= 4 is 23.5 Å². The lowest BCUT2D eigenvalue weighted by molar-refractivity contribution is 0.269. The van der Waals surface area contributed by atoms with Crippen LogP contribution >= 0.6 is 11.6 Å². The highest BCUT2D eigenvalue weighted by molar-refractivity contribution is 6.30. The number of rotatable bonds is 7. The van der Waals surface area contributed by atoms with Gasteiger partial charge in [0.15, 0.2) is 11.5 Å². The molecule has 0 spiro atoms. The van der Waals surface area contributed by atoms with E-state index in [1.54, 1.807) is 0 Å². The first-order chi connectivity index (χ1) is 13.6. The molecule has 0 aromatic heterocycles. The molecule has 0 bridgehead atoms. The summed E-state index contributed by atoms with van der Waals surface area (Å²) < 4.78 is 11.7. The number of ether oxygens (including phenoxy) is 2. The Morgan fingerprint density at radius 3 is 2.54 bits per heavy atom. The zero-order valence-corrected chi connectivity index (χ0v) is 17.2. The van der Waals surface area contributed by atoms with Crippen LogP contribution in [0.1, 0.15) is 29.2 Å². The van der Waals surface area contributed by atoms with Crippen LogP contribution in [0.3, 0.4) is 0 Å². The molecule has 0 radical (unpaired) electrons. The zero-order valence-electron chi connectivity index (χ0n) is 16.4. The number of nitrogens with zero attached hydrogens (tertiary/aromatic N) is 1. The van der Waals surface area contributed by atoms with Crippen LogP contribution in [0.5, 0.6) is 11.5 Å². The standard InChI is InChI=1S/C24H24ClNO2/c1-4-27-24-14-19(15-26-22-10-5-7-17(2)18(22)3)11-12-23(24)28-16-20-8-6-9-21(25)13-20/h5-15H,4,16H2,1-3H3. The lowest BCUT2D eigenvalue weighted by Crippen LogP contribution is -2.00. The molecule has 3 rings (SSSR count). The quantitative estimate of drug-likeness (QED) is 0.419. The summed E-state index contributed by atoms with van der Waals surface area (Å²) in [5, 5.41) is 0.698. The van der Waals surface area contributed by atoms with Gasteiger partial charge in [-0.2, -0.15) is 0 Å². The van der Waals surface area contributed by atoms with E-state index in [0.717, 1.165) is 16.8 Å². The van der Waals surface area contributed by atoms with E-state index in [2.05, 4.69) is 24.9 Å². The fraction of sp³-hybridized carbons (Fsp3) is 0.208. The average molecular weight is 394 g/mol. The van der Waals surface area contributed by atoms with Gasteiger partial charge >= 0.3 is 0 Å². The highest BCUT2D eigenvalue weighted by Crippen LogP contribution is 2.29. The molecule has 144 valence electrons. The largest absolute Gasteiger partial charge is 0.490 e. The Bertz CT molecular complexity index is 982. The van der Waals surface area contributed by atoms with Crippen molar-refractivity contribution < 1.29 is 9.47 Å². The SMILES string of the molecule is CCOc1cc(C=Nc2cccc(C)c2C)ccc1OCc1cccc(Cl)c1. The highest BCUT2D eigenvalue weighted by Gasteiger charge is 2.07. The minimum absolute atomic E-state index is 0.427. The van der Waals surface area contributed by atoms with Crippen molar-refractivity contribution in [1.82, 2.24) is 0 Å². The maximum atomic E-state index is 6.04. The van der Waals surface area contributed by atoms with Crippen LogP contribution in [0.25, 0.3) is 0 Å². The fourth-order valence-electron chi connectivity index (χ4n) is 2.80. The van der Waals surface area contributed by atoms with Crippen molar-refractivity contribution in [1.29, 1.82) is 0 Å². The van der Waals surface area contributed by atoms with Crippen molar-refractivity contribution in [2.24, 2.45) is 4.99 Å².